The van der Waals surface area contributed by atoms with E-state index in [-0.39, 0.29) is 0 Å². The fourth-order valence-corrected chi connectivity index (χ4v) is 1.45. The highest BCUT2D eigenvalue weighted by Crippen LogP contribution is 2.29. The molecule has 104 valence electrons. The van der Waals surface area contributed by atoms with Crippen LogP contribution in [0.15, 0.2) is 60.4 Å². The molecule has 2 heteroatoms. The van der Waals surface area contributed by atoms with Crippen molar-refractivity contribution >= 4 is 0 Å². The van der Waals surface area contributed by atoms with Crippen molar-refractivity contribution in [1.29, 1.82) is 0 Å². The molecule has 0 radical (unpaired) electrons. The zero-order chi connectivity index (χ0) is 33.1. The predicted molar refractivity (Wildman–Crippen MR) is 83.8 cm³/mol. The average Bonchev–Trinajstić information content (AvgIpc) is 2.81. The predicted octanol–water partition coefficient (Wildman–Crippen LogP) is 3.02. The van der Waals surface area contributed by atoms with E-state index < -0.39 is 120 Å². The van der Waals surface area contributed by atoms with Crippen molar-refractivity contribution in [1.82, 2.24) is 9.80 Å². The van der Waals surface area contributed by atoms with Crippen LogP contribution in [0.5, 0.6) is 0 Å². The summed E-state index contributed by atoms with van der Waals surface area (Å²) in [6.45, 7) is -20.5. The van der Waals surface area contributed by atoms with Gasteiger partial charge in [0, 0.05) is 41.1 Å². The Morgan fingerprint density at radius 3 is 1.90 bits per heavy atom. The van der Waals surface area contributed by atoms with E-state index in [9.17, 15) is 1.37 Å². The second-order valence-electron chi connectivity index (χ2n) is 3.47. The normalized spacial score (nSPS) is 44.6. The Labute approximate surface area is 152 Å². The molecule has 1 saturated heterocycles. The third-order valence-corrected chi connectivity index (χ3v) is 2.24. The van der Waals surface area contributed by atoms with Gasteiger partial charge in [-0.25, -0.2) is 0 Å². The molecule has 0 aromatic heterocycles. The van der Waals surface area contributed by atoms with Crippen LogP contribution < -0.4 is 0 Å². The number of likely N-dealkylation sites (N-methyl/N-ethyl adjacent to an activating group) is 1. The molecule has 0 spiro atoms. The first-order chi connectivity index (χ1) is 18.6. The Hall–Kier alpha value is -1.64. The lowest BCUT2D eigenvalue weighted by Gasteiger charge is -2.38. The molecule has 0 bridgehead atoms. The van der Waals surface area contributed by atoms with E-state index in [1.54, 1.807) is 0 Å². The van der Waals surface area contributed by atoms with E-state index in [1.165, 1.54) is 0 Å². The number of rotatable bonds is 3. The molecule has 3 rings (SSSR count). The largest absolute Gasteiger partial charge is 0.304 e. The van der Waals surface area contributed by atoms with Gasteiger partial charge >= 0.3 is 0 Å². The molecule has 0 N–H and O–H groups in total. The van der Waals surface area contributed by atoms with Crippen molar-refractivity contribution in [2.45, 2.75) is 6.02 Å². The molecule has 2 aromatic rings. The van der Waals surface area contributed by atoms with Gasteiger partial charge in [-0.1, -0.05) is 60.4 Å². The van der Waals surface area contributed by atoms with E-state index >= 15 is 0 Å². The van der Waals surface area contributed by atoms with Crippen LogP contribution in [0.4, 0.5) is 0 Å². The summed E-state index contributed by atoms with van der Waals surface area (Å²) in [6, 6.07) is -16.2. The highest BCUT2D eigenvalue weighted by Gasteiger charge is 2.24. The molecular formula is C18H22N2. The number of hydrogen-bond acceptors (Lipinski definition) is 2. The van der Waals surface area contributed by atoms with Gasteiger partial charge in [-0.3, -0.25) is 4.90 Å². The number of nitrogens with zero attached hydrogens (tertiary/aromatic N) is 2. The lowest BCUT2D eigenvalue weighted by molar-refractivity contribution is 0.127. The summed E-state index contributed by atoms with van der Waals surface area (Å²) in [5, 5.41) is 0. The minimum absolute atomic E-state index is 0.614. The van der Waals surface area contributed by atoms with Crippen molar-refractivity contribution in [2.24, 2.45) is 0 Å². The zero-order valence-electron chi connectivity index (χ0n) is 31.9. The minimum atomic E-state index is -4.20. The minimum Gasteiger partial charge on any atom is -0.304 e. The van der Waals surface area contributed by atoms with Gasteiger partial charge < -0.3 is 4.90 Å². The summed E-state index contributed by atoms with van der Waals surface area (Å²) in [5.41, 5.74) is -2.84. The third-order valence-electron chi connectivity index (χ3n) is 2.24. The van der Waals surface area contributed by atoms with Crippen LogP contribution >= 0.6 is 0 Å². The fourth-order valence-electron chi connectivity index (χ4n) is 1.45. The quantitative estimate of drug-likeness (QED) is 0.856. The number of hydrogen-bond donors (Lipinski definition) is 0. The third kappa shape index (κ3) is 2.92. The molecule has 1 aliphatic heterocycles. The summed E-state index contributed by atoms with van der Waals surface area (Å²) >= 11 is 0. The molecule has 0 unspecified atom stereocenters. The Balaban J connectivity index is 2.77. The van der Waals surface area contributed by atoms with E-state index in [1.807, 2.05) is 0 Å². The lowest BCUT2D eigenvalue weighted by atomic mass is 9.96. The second-order valence-corrected chi connectivity index (χ2v) is 3.47. The van der Waals surface area contributed by atoms with E-state index in [0.717, 1.165) is 0 Å². The van der Waals surface area contributed by atoms with Crippen molar-refractivity contribution in [3.05, 3.63) is 71.6 Å². The summed E-state index contributed by atoms with van der Waals surface area (Å²) in [4.78, 5) is -1.34. The van der Waals surface area contributed by atoms with Gasteiger partial charge in [0.25, 0.3) is 0 Å². The van der Waals surface area contributed by atoms with Crippen molar-refractivity contribution in [3.8, 4) is 0 Å². The molecular weight excluding hydrogens is 244 g/mol. The van der Waals surface area contributed by atoms with Crippen molar-refractivity contribution in [3.63, 3.8) is 0 Å². The number of piperazine rings is 1. The smallest absolute Gasteiger partial charge is 0.0626 e. The maximum Gasteiger partial charge on any atom is 0.0626 e. The van der Waals surface area contributed by atoms with Gasteiger partial charge in [-0.05, 0) is 18.1 Å². The highest BCUT2D eigenvalue weighted by atomic mass is 15.3. The monoisotopic (exact) mass is 288 g/mol. The van der Waals surface area contributed by atoms with Crippen LogP contribution in [0, 0.1) is 0 Å². The summed E-state index contributed by atoms with van der Waals surface area (Å²) in [5.74, 6) is 0. The van der Waals surface area contributed by atoms with Crippen LogP contribution in [0.1, 0.15) is 47.3 Å². The van der Waals surface area contributed by atoms with Gasteiger partial charge in [0.15, 0.2) is 0 Å². The molecule has 0 saturated carbocycles. The summed E-state index contributed by atoms with van der Waals surface area (Å²) < 4.78 is 182. The first-order valence-electron chi connectivity index (χ1n) is 16.3. The standard InChI is InChI=1S/C18H22N2/c1-19-12-14-20(15-13-19)18(16-8-4-2-5-9-16)17-10-6-3-7-11-17/h2-11,18H,12-15H2,1H3/i1D3,2D,3D,4D,5D,6D,7D,8D,9D,10D,11D,12D2,13D2,14D2,15D2,18D. The molecule has 1 heterocycles. The molecule has 1 fully saturated rings. The fraction of sp³-hybridized carbons (Fsp3) is 0.333. The maximum absolute atomic E-state index is 9.49. The zero-order valence-corrected chi connectivity index (χ0v) is 9.89. The first-order valence-corrected chi connectivity index (χ1v) is 5.34. The number of benzene rings is 2. The van der Waals surface area contributed by atoms with Crippen molar-refractivity contribution < 1.29 is 30.2 Å². The Bertz CT molecular complexity index is 1310. The van der Waals surface area contributed by atoms with Crippen LogP contribution in [-0.2, 0) is 0 Å². The molecule has 2 aromatic carbocycles. The summed E-state index contributed by atoms with van der Waals surface area (Å²) in [7, 11) is 0. The van der Waals surface area contributed by atoms with Crippen molar-refractivity contribution in [2.75, 3.05) is 33.0 Å². The van der Waals surface area contributed by atoms with E-state index in [4.69, 9.17) is 28.8 Å². The topological polar surface area (TPSA) is 6.48 Å². The second kappa shape index (κ2) is 6.21. The van der Waals surface area contributed by atoms with E-state index in [2.05, 4.69) is 0 Å². The van der Waals surface area contributed by atoms with Gasteiger partial charge in [0.1, 0.15) is 0 Å². The Morgan fingerprint density at radius 2 is 1.45 bits per heavy atom. The van der Waals surface area contributed by atoms with Crippen LogP contribution in [0.25, 0.3) is 0 Å². The molecule has 0 atom stereocenters. The maximum atomic E-state index is 9.49. The van der Waals surface area contributed by atoms with Gasteiger partial charge in [0.2, 0.25) is 0 Å². The highest BCUT2D eigenvalue weighted by molar-refractivity contribution is 5.31. The van der Waals surface area contributed by atoms with E-state index in [0.29, 0.717) is 0 Å². The van der Waals surface area contributed by atoms with Crippen LogP contribution in [0.2, 0.25) is 0 Å². The summed E-state index contributed by atoms with van der Waals surface area (Å²) in [6.07, 6.45) is 0. The van der Waals surface area contributed by atoms with Crippen LogP contribution in [-0.4, -0.2) is 42.8 Å². The van der Waals surface area contributed by atoms with Gasteiger partial charge in [0.05, 0.1) is 21.1 Å². The molecule has 2 nitrogen and oxygen atoms in total. The molecule has 0 aliphatic carbocycles. The Morgan fingerprint density at radius 1 is 0.950 bits per heavy atom. The average molecular weight is 289 g/mol. The van der Waals surface area contributed by atoms with Gasteiger partial charge in [-0.2, -0.15) is 0 Å². The van der Waals surface area contributed by atoms with Crippen LogP contribution in [0.3, 0.4) is 0 Å². The molecule has 0 amide bonds. The SMILES string of the molecule is [2H]c1c([2H])c([2H])c(C([2H])(c2c([2H])c([2H])c([2H])c([2H])c2[2H])N2C([2H])([2H])C([2H])([2H])N(C([2H])([2H])[2H])C([2H])([2H])C2([2H])[2H])c([2H])c1[2H]. The van der Waals surface area contributed by atoms with Gasteiger partial charge in [-0.15, -0.1) is 0 Å². The lowest BCUT2D eigenvalue weighted by Crippen LogP contribution is -2.46. The first kappa shape index (κ1) is 3.08. The molecule has 20 heavy (non-hydrogen) atoms. The Kier molecular flexibility index (Phi) is 0.957. The molecule has 1 aliphatic rings.